The smallest absolute Gasteiger partial charge is 0.294 e. The van der Waals surface area contributed by atoms with Gasteiger partial charge in [0.05, 0.1) is 20.3 Å². The molecular formula is C15H17FN9O2+. The molecule has 2 aromatic heterocycles. The van der Waals surface area contributed by atoms with Crippen molar-refractivity contribution in [3.05, 3.63) is 47.0 Å². The van der Waals surface area contributed by atoms with Crippen molar-refractivity contribution in [3.8, 4) is 5.82 Å². The van der Waals surface area contributed by atoms with Gasteiger partial charge in [-0.25, -0.2) is 14.4 Å². The Hall–Kier alpha value is -3.67. The fourth-order valence-corrected chi connectivity index (χ4v) is 2.27. The number of amides is 1. The predicted octanol–water partition coefficient (Wildman–Crippen LogP) is -1.22. The summed E-state index contributed by atoms with van der Waals surface area (Å²) in [7, 11) is 3.78. The van der Waals surface area contributed by atoms with E-state index >= 15 is 0 Å². The molecule has 0 aliphatic rings. The maximum Gasteiger partial charge on any atom is 0.294 e. The number of quaternary nitrogens is 1. The van der Waals surface area contributed by atoms with E-state index in [1.807, 2.05) is 14.1 Å². The van der Waals surface area contributed by atoms with Crippen molar-refractivity contribution in [2.45, 2.75) is 6.54 Å². The van der Waals surface area contributed by atoms with Crippen LogP contribution < -0.4 is 16.1 Å². The second kappa shape index (κ2) is 7.70. The molecule has 0 aliphatic carbocycles. The largest absolute Gasteiger partial charge is 0.378 e. The summed E-state index contributed by atoms with van der Waals surface area (Å²) in [6.07, 6.45) is 1.20. The molecule has 0 atom stereocenters. The van der Waals surface area contributed by atoms with Gasteiger partial charge in [0.25, 0.3) is 5.91 Å². The standard InChI is InChI=1S/C15H16FN9O2/c1-24(2)8-11-12(19-23-25(11)14-13(17)21-27-22-14)15(26)20-18-7-9-5-3-4-6-10(9)16/h3-7H,8H2,1-2H3,(H2,17,21)(H,20,26)/p+1/b18-7-. The molecule has 0 fully saturated rings. The number of carbonyl (C=O) groups is 1. The van der Waals surface area contributed by atoms with Crippen molar-refractivity contribution < 1.29 is 18.7 Å². The molecular weight excluding hydrogens is 357 g/mol. The van der Waals surface area contributed by atoms with Gasteiger partial charge in [0.1, 0.15) is 18.1 Å². The van der Waals surface area contributed by atoms with Crippen LogP contribution in [0.5, 0.6) is 0 Å². The van der Waals surface area contributed by atoms with E-state index in [1.54, 1.807) is 12.1 Å². The first-order valence-electron chi connectivity index (χ1n) is 7.87. The highest BCUT2D eigenvalue weighted by atomic mass is 19.1. The first kappa shape index (κ1) is 18.1. The normalized spacial score (nSPS) is 11.4. The van der Waals surface area contributed by atoms with E-state index in [1.165, 1.54) is 23.0 Å². The van der Waals surface area contributed by atoms with Crippen LogP contribution in [0.1, 0.15) is 21.7 Å². The molecule has 0 spiro atoms. The SMILES string of the molecule is C[NH+](C)Cc1c(C(=O)N/N=C\c2ccccc2F)nnn1-c1nonc1N. The summed E-state index contributed by atoms with van der Waals surface area (Å²) in [6.45, 7) is 0.388. The molecule has 0 aliphatic heterocycles. The van der Waals surface area contributed by atoms with Crippen LogP contribution in [0.3, 0.4) is 0 Å². The molecule has 0 unspecified atom stereocenters. The fraction of sp³-hybridized carbons (Fsp3) is 0.200. The van der Waals surface area contributed by atoms with Crippen molar-refractivity contribution >= 4 is 17.9 Å². The number of nitrogen functional groups attached to an aromatic ring is 1. The van der Waals surface area contributed by atoms with Gasteiger partial charge in [-0.3, -0.25) is 4.79 Å². The Bertz CT molecular complexity index is 979. The number of nitrogens with zero attached hydrogens (tertiary/aromatic N) is 6. The van der Waals surface area contributed by atoms with Crippen LogP contribution in [0, 0.1) is 5.82 Å². The third kappa shape index (κ3) is 3.95. The quantitative estimate of drug-likeness (QED) is 0.363. The van der Waals surface area contributed by atoms with Crippen molar-refractivity contribution in [2.75, 3.05) is 19.8 Å². The predicted molar refractivity (Wildman–Crippen MR) is 91.6 cm³/mol. The molecule has 1 aromatic carbocycles. The lowest BCUT2D eigenvalue weighted by molar-refractivity contribution is -0.873. The van der Waals surface area contributed by atoms with Gasteiger partial charge in [-0.2, -0.15) is 9.78 Å². The second-order valence-corrected chi connectivity index (χ2v) is 5.87. The zero-order valence-corrected chi connectivity index (χ0v) is 14.5. The van der Waals surface area contributed by atoms with Gasteiger partial charge in [-0.1, -0.05) is 23.4 Å². The number of halogens is 1. The van der Waals surface area contributed by atoms with E-state index < -0.39 is 11.7 Å². The van der Waals surface area contributed by atoms with Crippen molar-refractivity contribution in [2.24, 2.45) is 5.10 Å². The van der Waals surface area contributed by atoms with Gasteiger partial charge in [-0.15, -0.1) is 5.10 Å². The van der Waals surface area contributed by atoms with E-state index in [9.17, 15) is 9.18 Å². The fourth-order valence-electron chi connectivity index (χ4n) is 2.27. The number of nitrogens with one attached hydrogen (secondary N) is 2. The van der Waals surface area contributed by atoms with Crippen LogP contribution in [0.4, 0.5) is 10.2 Å². The van der Waals surface area contributed by atoms with Gasteiger partial charge in [0.15, 0.2) is 5.69 Å². The summed E-state index contributed by atoms with van der Waals surface area (Å²) in [5.41, 5.74) is 8.71. The van der Waals surface area contributed by atoms with Crippen molar-refractivity contribution in [1.29, 1.82) is 0 Å². The minimum atomic E-state index is -0.611. The lowest BCUT2D eigenvalue weighted by atomic mass is 10.2. The average Bonchev–Trinajstić information content (AvgIpc) is 3.22. The number of anilines is 1. The van der Waals surface area contributed by atoms with Gasteiger partial charge in [0.2, 0.25) is 11.6 Å². The summed E-state index contributed by atoms with van der Waals surface area (Å²) < 4.78 is 19.4. The molecule has 0 radical (unpaired) electrons. The molecule has 12 heteroatoms. The van der Waals surface area contributed by atoms with Crippen molar-refractivity contribution in [3.63, 3.8) is 0 Å². The maximum absolute atomic E-state index is 13.6. The number of carbonyl (C=O) groups excluding carboxylic acids is 1. The van der Waals surface area contributed by atoms with E-state index in [0.29, 0.717) is 12.2 Å². The van der Waals surface area contributed by atoms with Crippen LogP contribution in [0.25, 0.3) is 5.82 Å². The monoisotopic (exact) mass is 374 g/mol. The molecule has 2 heterocycles. The molecule has 0 saturated carbocycles. The first-order chi connectivity index (χ1) is 13.0. The lowest BCUT2D eigenvalue weighted by Gasteiger charge is -2.08. The highest BCUT2D eigenvalue weighted by Crippen LogP contribution is 2.15. The molecule has 4 N–H and O–H groups in total. The van der Waals surface area contributed by atoms with E-state index in [-0.39, 0.29) is 22.9 Å². The number of hydrazone groups is 1. The number of hydrogen-bond donors (Lipinski definition) is 3. The summed E-state index contributed by atoms with van der Waals surface area (Å²) in [5, 5.41) is 18.7. The van der Waals surface area contributed by atoms with Crippen LogP contribution in [-0.4, -0.2) is 51.5 Å². The number of rotatable bonds is 6. The zero-order chi connectivity index (χ0) is 19.4. The second-order valence-electron chi connectivity index (χ2n) is 5.87. The molecule has 3 aromatic rings. The van der Waals surface area contributed by atoms with Gasteiger partial charge < -0.3 is 10.6 Å². The third-order valence-corrected chi connectivity index (χ3v) is 3.47. The van der Waals surface area contributed by atoms with Gasteiger partial charge in [0, 0.05) is 5.56 Å². The Kier molecular flexibility index (Phi) is 5.17. The number of aromatic nitrogens is 5. The van der Waals surface area contributed by atoms with E-state index in [4.69, 9.17) is 5.73 Å². The van der Waals surface area contributed by atoms with E-state index in [2.05, 4.69) is 35.8 Å². The number of benzene rings is 1. The van der Waals surface area contributed by atoms with E-state index in [0.717, 1.165) is 4.90 Å². The summed E-state index contributed by atoms with van der Waals surface area (Å²) in [5.74, 6) is -0.917. The average molecular weight is 374 g/mol. The molecule has 1 amide bonds. The summed E-state index contributed by atoms with van der Waals surface area (Å²) in [6, 6.07) is 6.04. The molecule has 3 rings (SSSR count). The van der Waals surface area contributed by atoms with Crippen LogP contribution in [0.2, 0.25) is 0 Å². The Morgan fingerprint density at radius 2 is 2.19 bits per heavy atom. The highest BCUT2D eigenvalue weighted by Gasteiger charge is 2.25. The Balaban J connectivity index is 1.85. The van der Waals surface area contributed by atoms with Crippen LogP contribution >= 0.6 is 0 Å². The van der Waals surface area contributed by atoms with Crippen LogP contribution in [-0.2, 0) is 6.54 Å². The minimum Gasteiger partial charge on any atom is -0.378 e. The number of hydrogen-bond acceptors (Lipinski definition) is 8. The minimum absolute atomic E-state index is 0.0134. The van der Waals surface area contributed by atoms with Crippen LogP contribution in [0.15, 0.2) is 34.0 Å². The summed E-state index contributed by atoms with van der Waals surface area (Å²) in [4.78, 5) is 13.5. The zero-order valence-electron chi connectivity index (χ0n) is 14.5. The highest BCUT2D eigenvalue weighted by molar-refractivity contribution is 5.94. The Morgan fingerprint density at radius 3 is 2.85 bits per heavy atom. The van der Waals surface area contributed by atoms with Gasteiger partial charge >= 0.3 is 0 Å². The topological polar surface area (TPSA) is 142 Å². The first-order valence-corrected chi connectivity index (χ1v) is 7.87. The lowest BCUT2D eigenvalue weighted by Crippen LogP contribution is -3.04. The third-order valence-electron chi connectivity index (χ3n) is 3.47. The maximum atomic E-state index is 13.6. The van der Waals surface area contributed by atoms with Crippen molar-refractivity contribution in [1.82, 2.24) is 30.7 Å². The summed E-state index contributed by atoms with van der Waals surface area (Å²) >= 11 is 0. The molecule has 11 nitrogen and oxygen atoms in total. The Labute approximate surface area is 152 Å². The number of nitrogens with two attached hydrogens (primary N) is 1. The van der Waals surface area contributed by atoms with Gasteiger partial charge in [-0.05, 0) is 16.4 Å². The Morgan fingerprint density at radius 1 is 1.41 bits per heavy atom. The molecule has 140 valence electrons. The molecule has 27 heavy (non-hydrogen) atoms. The molecule has 0 bridgehead atoms. The molecule has 0 saturated heterocycles.